The normalized spacial score (nSPS) is 21.1. The minimum Gasteiger partial charge on any atom is -0.466 e. The van der Waals surface area contributed by atoms with Gasteiger partial charge >= 0.3 is 5.97 Å². The third-order valence-corrected chi connectivity index (χ3v) is 3.85. The lowest BCUT2D eigenvalue weighted by atomic mass is 9.94. The van der Waals surface area contributed by atoms with Crippen LogP contribution in [0.5, 0.6) is 0 Å². The number of hydrogen-bond acceptors (Lipinski definition) is 4. The minimum atomic E-state index is -0.135. The van der Waals surface area contributed by atoms with Crippen LogP contribution < -0.4 is 5.32 Å². The zero-order chi connectivity index (χ0) is 13.6. The molecule has 0 aromatic rings. The molecule has 1 N–H and O–H groups in total. The van der Waals surface area contributed by atoms with Crippen molar-refractivity contribution in [2.24, 2.45) is 5.92 Å². The highest BCUT2D eigenvalue weighted by Gasteiger charge is 2.29. The summed E-state index contributed by atoms with van der Waals surface area (Å²) in [6.45, 7) is 9.82. The zero-order valence-corrected chi connectivity index (χ0v) is 12.3. The summed E-state index contributed by atoms with van der Waals surface area (Å²) < 4.78 is 5.04. The first-order valence-electron chi connectivity index (χ1n) is 7.03. The molecule has 1 rings (SSSR count). The highest BCUT2D eigenvalue weighted by Crippen LogP contribution is 2.21. The van der Waals surface area contributed by atoms with Crippen molar-refractivity contribution in [3.8, 4) is 0 Å². The second-order valence-electron chi connectivity index (χ2n) is 5.89. The van der Waals surface area contributed by atoms with Crippen LogP contribution in [0, 0.1) is 5.92 Å². The highest BCUT2D eigenvalue weighted by atomic mass is 16.5. The van der Waals surface area contributed by atoms with E-state index >= 15 is 0 Å². The maximum absolute atomic E-state index is 11.6. The minimum absolute atomic E-state index is 0.101. The molecule has 4 nitrogen and oxygen atoms in total. The van der Waals surface area contributed by atoms with Gasteiger partial charge < -0.3 is 15.0 Å². The molecule has 1 unspecified atom stereocenters. The van der Waals surface area contributed by atoms with Gasteiger partial charge in [-0.15, -0.1) is 0 Å². The molecule has 0 aromatic heterocycles. The van der Waals surface area contributed by atoms with Gasteiger partial charge in [-0.25, -0.2) is 0 Å². The van der Waals surface area contributed by atoms with Crippen LogP contribution in [0.4, 0.5) is 0 Å². The SMILES string of the molecule is CCOC(=O)CC(C)(C)N(C)CC1CCCNC1. The van der Waals surface area contributed by atoms with Crippen molar-refractivity contribution < 1.29 is 9.53 Å². The standard InChI is InChI=1S/C14H28N2O2/c1-5-18-13(17)9-14(2,3)16(4)11-12-7-6-8-15-10-12/h12,15H,5-11H2,1-4H3. The quantitative estimate of drug-likeness (QED) is 0.734. The van der Waals surface area contributed by atoms with Crippen molar-refractivity contribution in [3.63, 3.8) is 0 Å². The molecule has 1 atom stereocenters. The van der Waals surface area contributed by atoms with E-state index in [4.69, 9.17) is 4.74 Å². The molecule has 0 spiro atoms. The van der Waals surface area contributed by atoms with Crippen LogP contribution in [0.25, 0.3) is 0 Å². The molecule has 18 heavy (non-hydrogen) atoms. The van der Waals surface area contributed by atoms with E-state index < -0.39 is 0 Å². The molecule has 1 heterocycles. The molecule has 4 heteroatoms. The van der Waals surface area contributed by atoms with E-state index in [0.29, 0.717) is 18.9 Å². The largest absolute Gasteiger partial charge is 0.466 e. The van der Waals surface area contributed by atoms with Gasteiger partial charge in [0.25, 0.3) is 0 Å². The summed E-state index contributed by atoms with van der Waals surface area (Å²) in [7, 11) is 2.10. The fraction of sp³-hybridized carbons (Fsp3) is 0.929. The van der Waals surface area contributed by atoms with E-state index in [1.807, 2.05) is 6.92 Å². The van der Waals surface area contributed by atoms with Crippen molar-refractivity contribution in [2.45, 2.75) is 45.6 Å². The van der Waals surface area contributed by atoms with Gasteiger partial charge in [0, 0.05) is 12.1 Å². The fourth-order valence-corrected chi connectivity index (χ4v) is 2.41. The highest BCUT2D eigenvalue weighted by molar-refractivity contribution is 5.70. The van der Waals surface area contributed by atoms with Gasteiger partial charge in [0.15, 0.2) is 0 Å². The third kappa shape index (κ3) is 4.94. The van der Waals surface area contributed by atoms with Gasteiger partial charge in [-0.1, -0.05) is 0 Å². The number of nitrogens with zero attached hydrogens (tertiary/aromatic N) is 1. The lowest BCUT2D eigenvalue weighted by Gasteiger charge is -2.38. The van der Waals surface area contributed by atoms with Gasteiger partial charge in [-0.3, -0.25) is 4.79 Å². The Morgan fingerprint density at radius 1 is 1.50 bits per heavy atom. The van der Waals surface area contributed by atoms with Gasteiger partial charge in [0.1, 0.15) is 0 Å². The molecule has 0 aliphatic carbocycles. The summed E-state index contributed by atoms with van der Waals surface area (Å²) >= 11 is 0. The van der Waals surface area contributed by atoms with Crippen LogP contribution in [0.2, 0.25) is 0 Å². The Bertz CT molecular complexity index is 261. The molecule has 0 bridgehead atoms. The summed E-state index contributed by atoms with van der Waals surface area (Å²) in [5.74, 6) is 0.598. The Morgan fingerprint density at radius 2 is 2.22 bits per heavy atom. The number of esters is 1. The molecule has 1 fully saturated rings. The van der Waals surface area contributed by atoms with E-state index in [-0.39, 0.29) is 11.5 Å². The van der Waals surface area contributed by atoms with Crippen LogP contribution in [0.3, 0.4) is 0 Å². The van der Waals surface area contributed by atoms with Crippen LogP contribution in [0.1, 0.15) is 40.0 Å². The van der Waals surface area contributed by atoms with Crippen molar-refractivity contribution in [1.29, 1.82) is 0 Å². The van der Waals surface area contributed by atoms with Crippen LogP contribution in [0.15, 0.2) is 0 Å². The molecule has 0 saturated carbocycles. The van der Waals surface area contributed by atoms with E-state index in [1.54, 1.807) is 0 Å². The average Bonchev–Trinajstić information content (AvgIpc) is 2.29. The third-order valence-electron chi connectivity index (χ3n) is 3.85. The number of rotatable bonds is 6. The molecule has 1 aliphatic heterocycles. The number of carbonyl (C=O) groups is 1. The van der Waals surface area contributed by atoms with E-state index in [9.17, 15) is 4.79 Å². The predicted octanol–water partition coefficient (Wildman–Crippen LogP) is 1.65. The summed E-state index contributed by atoms with van der Waals surface area (Å²) in [5, 5.41) is 3.43. The van der Waals surface area contributed by atoms with Crippen LogP contribution >= 0.6 is 0 Å². The van der Waals surface area contributed by atoms with Gasteiger partial charge in [-0.05, 0) is 59.7 Å². The molecule has 0 aromatic carbocycles. The monoisotopic (exact) mass is 256 g/mol. The smallest absolute Gasteiger partial charge is 0.307 e. The van der Waals surface area contributed by atoms with E-state index in [1.165, 1.54) is 12.8 Å². The average molecular weight is 256 g/mol. The van der Waals surface area contributed by atoms with Crippen molar-refractivity contribution >= 4 is 5.97 Å². The van der Waals surface area contributed by atoms with Crippen LogP contribution in [-0.2, 0) is 9.53 Å². The number of carbonyl (C=O) groups excluding carboxylic acids is 1. The maximum atomic E-state index is 11.6. The molecule has 0 radical (unpaired) electrons. The van der Waals surface area contributed by atoms with Crippen molar-refractivity contribution in [3.05, 3.63) is 0 Å². The zero-order valence-electron chi connectivity index (χ0n) is 12.3. The lowest BCUT2D eigenvalue weighted by Crippen LogP contribution is -2.47. The number of nitrogens with one attached hydrogen (secondary N) is 1. The van der Waals surface area contributed by atoms with Gasteiger partial charge in [-0.2, -0.15) is 0 Å². The molecular formula is C14H28N2O2. The fourth-order valence-electron chi connectivity index (χ4n) is 2.41. The first kappa shape index (κ1) is 15.4. The number of piperidine rings is 1. The Morgan fingerprint density at radius 3 is 2.78 bits per heavy atom. The summed E-state index contributed by atoms with van der Waals surface area (Å²) in [6.07, 6.45) is 3.00. The first-order valence-corrected chi connectivity index (χ1v) is 7.03. The number of ether oxygens (including phenoxy) is 1. The first-order chi connectivity index (χ1) is 8.45. The molecular weight excluding hydrogens is 228 g/mol. The number of hydrogen-bond donors (Lipinski definition) is 1. The molecule has 1 aliphatic rings. The Balaban J connectivity index is 2.41. The van der Waals surface area contributed by atoms with E-state index in [0.717, 1.165) is 19.6 Å². The molecule has 0 amide bonds. The Kier molecular flexibility index (Phi) is 6.09. The van der Waals surface area contributed by atoms with Crippen molar-refractivity contribution in [1.82, 2.24) is 10.2 Å². The summed E-state index contributed by atoms with van der Waals surface area (Å²) in [5.41, 5.74) is -0.135. The lowest BCUT2D eigenvalue weighted by molar-refractivity contribution is -0.146. The second-order valence-corrected chi connectivity index (χ2v) is 5.89. The topological polar surface area (TPSA) is 41.6 Å². The van der Waals surface area contributed by atoms with Gasteiger partial charge in [0.2, 0.25) is 0 Å². The maximum Gasteiger partial charge on any atom is 0.307 e. The predicted molar refractivity (Wildman–Crippen MR) is 73.6 cm³/mol. The van der Waals surface area contributed by atoms with Crippen molar-refractivity contribution in [2.75, 3.05) is 33.3 Å². The van der Waals surface area contributed by atoms with Gasteiger partial charge in [0.05, 0.1) is 13.0 Å². The molecule has 106 valence electrons. The second kappa shape index (κ2) is 7.10. The molecule has 1 saturated heterocycles. The van der Waals surface area contributed by atoms with E-state index in [2.05, 4.69) is 31.1 Å². The Hall–Kier alpha value is -0.610. The van der Waals surface area contributed by atoms with Crippen LogP contribution in [-0.4, -0.2) is 49.7 Å². The summed E-state index contributed by atoms with van der Waals surface area (Å²) in [4.78, 5) is 13.9. The Labute approximate surface area is 111 Å². The summed E-state index contributed by atoms with van der Waals surface area (Å²) in [6, 6.07) is 0.